The van der Waals surface area contributed by atoms with Crippen LogP contribution in [0.15, 0.2) is 6.33 Å². The molecule has 1 heterocycles. The zero-order valence-electron chi connectivity index (χ0n) is 7.59. The number of hydrogen-bond donors (Lipinski definition) is 1. The topological polar surface area (TPSA) is 52.5 Å². The second-order valence-corrected chi connectivity index (χ2v) is 2.64. The number of aromatic nitrogens is 2. The molecular formula is C10H11N3. The van der Waals surface area contributed by atoms with Crippen LogP contribution in [0.25, 0.3) is 0 Å². The van der Waals surface area contributed by atoms with Crippen molar-refractivity contribution in [2.24, 2.45) is 0 Å². The van der Waals surface area contributed by atoms with E-state index >= 15 is 0 Å². The van der Waals surface area contributed by atoms with Crippen molar-refractivity contribution in [2.45, 2.75) is 26.2 Å². The Morgan fingerprint density at radius 2 is 2.46 bits per heavy atom. The van der Waals surface area contributed by atoms with E-state index in [2.05, 4.69) is 28.7 Å². The lowest BCUT2D eigenvalue weighted by Crippen LogP contribution is -1.79. The summed E-state index contributed by atoms with van der Waals surface area (Å²) in [6, 6.07) is 1.97. The van der Waals surface area contributed by atoms with Gasteiger partial charge < -0.3 is 4.98 Å². The smallest absolute Gasteiger partial charge is 0.174 e. The highest BCUT2D eigenvalue weighted by Crippen LogP contribution is 1.98. The predicted molar refractivity (Wildman–Crippen MR) is 49.7 cm³/mol. The largest absolute Gasteiger partial charge is 0.337 e. The summed E-state index contributed by atoms with van der Waals surface area (Å²) in [6.45, 7) is 2.12. The van der Waals surface area contributed by atoms with E-state index in [0.717, 1.165) is 19.3 Å². The molecule has 0 aliphatic heterocycles. The molecule has 0 saturated heterocycles. The number of aromatic amines is 1. The third-order valence-corrected chi connectivity index (χ3v) is 1.61. The Kier molecular flexibility index (Phi) is 3.60. The van der Waals surface area contributed by atoms with Crippen molar-refractivity contribution in [2.75, 3.05) is 0 Å². The van der Waals surface area contributed by atoms with E-state index in [1.165, 1.54) is 6.33 Å². The van der Waals surface area contributed by atoms with Crippen molar-refractivity contribution in [3.63, 3.8) is 0 Å². The van der Waals surface area contributed by atoms with Gasteiger partial charge in [0, 0.05) is 6.42 Å². The molecule has 0 radical (unpaired) electrons. The van der Waals surface area contributed by atoms with Crippen LogP contribution in [0.3, 0.4) is 0 Å². The number of nitrogens with zero attached hydrogens (tertiary/aromatic N) is 2. The first-order valence-electron chi connectivity index (χ1n) is 4.30. The van der Waals surface area contributed by atoms with Gasteiger partial charge in [-0.3, -0.25) is 0 Å². The second-order valence-electron chi connectivity index (χ2n) is 2.64. The summed E-state index contributed by atoms with van der Waals surface area (Å²) >= 11 is 0. The van der Waals surface area contributed by atoms with Gasteiger partial charge in [0.25, 0.3) is 0 Å². The van der Waals surface area contributed by atoms with Gasteiger partial charge in [0.05, 0.1) is 6.33 Å². The van der Waals surface area contributed by atoms with E-state index in [9.17, 15) is 0 Å². The zero-order chi connectivity index (χ0) is 9.52. The molecule has 1 aromatic heterocycles. The van der Waals surface area contributed by atoms with Gasteiger partial charge in [-0.15, -0.1) is 0 Å². The van der Waals surface area contributed by atoms with Crippen LogP contribution in [0.1, 0.15) is 37.6 Å². The molecule has 0 bridgehead atoms. The minimum atomic E-state index is 0.379. The highest BCUT2D eigenvalue weighted by molar-refractivity contribution is 5.38. The van der Waals surface area contributed by atoms with Gasteiger partial charge in [-0.1, -0.05) is 19.3 Å². The molecular weight excluding hydrogens is 162 g/mol. The van der Waals surface area contributed by atoms with Crippen molar-refractivity contribution < 1.29 is 0 Å². The first-order valence-corrected chi connectivity index (χ1v) is 4.30. The molecule has 0 aromatic carbocycles. The van der Waals surface area contributed by atoms with E-state index in [-0.39, 0.29) is 0 Å². The Morgan fingerprint density at radius 3 is 3.15 bits per heavy atom. The van der Waals surface area contributed by atoms with Crippen LogP contribution >= 0.6 is 0 Å². The van der Waals surface area contributed by atoms with Gasteiger partial charge in [-0.2, -0.15) is 5.26 Å². The summed E-state index contributed by atoms with van der Waals surface area (Å²) in [5, 5.41) is 8.61. The average molecular weight is 173 g/mol. The fraction of sp³-hybridized carbons (Fsp3) is 0.400. The molecule has 0 amide bonds. The Bertz CT molecular complexity index is 360. The monoisotopic (exact) mass is 173 g/mol. The molecule has 1 N–H and O–H groups in total. The highest BCUT2D eigenvalue weighted by Gasteiger charge is 1.98. The summed E-state index contributed by atoms with van der Waals surface area (Å²) in [7, 11) is 0. The summed E-state index contributed by atoms with van der Waals surface area (Å²) in [4.78, 5) is 6.64. The quantitative estimate of drug-likeness (QED) is 0.548. The lowest BCUT2D eigenvalue weighted by molar-refractivity contribution is 0.828. The summed E-state index contributed by atoms with van der Waals surface area (Å²) in [6.07, 6.45) is 4.61. The number of nitriles is 1. The minimum Gasteiger partial charge on any atom is -0.337 e. The molecule has 3 nitrogen and oxygen atoms in total. The molecule has 0 fully saturated rings. The highest BCUT2D eigenvalue weighted by atomic mass is 14.9. The summed E-state index contributed by atoms with van der Waals surface area (Å²) in [5.41, 5.74) is 1.00. The van der Waals surface area contributed by atoms with E-state index in [0.29, 0.717) is 11.4 Å². The molecule has 3 heteroatoms. The van der Waals surface area contributed by atoms with E-state index in [1.54, 1.807) is 0 Å². The Labute approximate surface area is 77.8 Å². The first kappa shape index (κ1) is 9.35. The number of imidazole rings is 1. The Morgan fingerprint density at radius 1 is 1.62 bits per heavy atom. The fourth-order valence-electron chi connectivity index (χ4n) is 0.890. The van der Waals surface area contributed by atoms with Crippen molar-refractivity contribution in [1.82, 2.24) is 9.97 Å². The third kappa shape index (κ3) is 2.65. The first-order chi connectivity index (χ1) is 6.38. The van der Waals surface area contributed by atoms with Gasteiger partial charge in [-0.05, 0) is 12.3 Å². The Hall–Kier alpha value is -1.74. The van der Waals surface area contributed by atoms with Gasteiger partial charge in [0.2, 0.25) is 0 Å². The molecule has 0 unspecified atom stereocenters. The van der Waals surface area contributed by atoms with Gasteiger partial charge >= 0.3 is 0 Å². The molecule has 0 saturated carbocycles. The number of hydrogen-bond acceptors (Lipinski definition) is 2. The molecule has 0 aliphatic rings. The van der Waals surface area contributed by atoms with Crippen molar-refractivity contribution in [3.05, 3.63) is 17.7 Å². The molecule has 1 rings (SSSR count). The maximum Gasteiger partial charge on any atom is 0.174 e. The zero-order valence-corrected chi connectivity index (χ0v) is 7.59. The predicted octanol–water partition coefficient (Wildman–Crippen LogP) is 1.82. The molecule has 13 heavy (non-hydrogen) atoms. The van der Waals surface area contributed by atoms with Gasteiger partial charge in [0.15, 0.2) is 5.69 Å². The number of unbranched alkanes of at least 4 members (excludes halogenated alkanes) is 2. The number of H-pyrrole nitrogens is 1. The van der Waals surface area contributed by atoms with Gasteiger partial charge in [-0.25, -0.2) is 4.98 Å². The second kappa shape index (κ2) is 5.00. The fourth-order valence-corrected chi connectivity index (χ4v) is 0.890. The SMILES string of the molecule is CCCCC#Cc1[nH]cnc1C#N. The van der Waals surface area contributed by atoms with Crippen LogP contribution in [-0.2, 0) is 0 Å². The normalized spacial score (nSPS) is 8.62. The standard InChI is InChI=1S/C10H11N3/c1-2-3-4-5-6-9-10(7-11)13-8-12-9/h8H,2-4H2,1H3,(H,12,13). The van der Waals surface area contributed by atoms with Crippen LogP contribution in [0, 0.1) is 23.2 Å². The maximum atomic E-state index is 8.61. The molecule has 0 aliphatic carbocycles. The Balaban J connectivity index is 2.62. The maximum absolute atomic E-state index is 8.61. The average Bonchev–Trinajstić information content (AvgIpc) is 2.60. The van der Waals surface area contributed by atoms with E-state index in [4.69, 9.17) is 5.26 Å². The van der Waals surface area contributed by atoms with Crippen molar-refractivity contribution in [3.8, 4) is 17.9 Å². The minimum absolute atomic E-state index is 0.379. The summed E-state index contributed by atoms with van der Waals surface area (Å²) in [5.74, 6) is 5.88. The van der Waals surface area contributed by atoms with Crippen LogP contribution in [0.5, 0.6) is 0 Å². The van der Waals surface area contributed by atoms with Crippen LogP contribution in [0.4, 0.5) is 0 Å². The molecule has 66 valence electrons. The number of rotatable bonds is 2. The van der Waals surface area contributed by atoms with E-state index in [1.807, 2.05) is 6.07 Å². The van der Waals surface area contributed by atoms with Gasteiger partial charge in [0.1, 0.15) is 11.8 Å². The molecule has 1 aromatic rings. The van der Waals surface area contributed by atoms with Crippen LogP contribution in [-0.4, -0.2) is 9.97 Å². The molecule has 0 spiro atoms. The molecule has 0 atom stereocenters. The van der Waals surface area contributed by atoms with Crippen LogP contribution < -0.4 is 0 Å². The third-order valence-electron chi connectivity index (χ3n) is 1.61. The van der Waals surface area contributed by atoms with Crippen molar-refractivity contribution >= 4 is 0 Å². The summed E-state index contributed by atoms with van der Waals surface area (Å²) < 4.78 is 0. The van der Waals surface area contributed by atoms with Crippen molar-refractivity contribution in [1.29, 1.82) is 5.26 Å². The number of nitrogens with one attached hydrogen (secondary N) is 1. The lowest BCUT2D eigenvalue weighted by Gasteiger charge is -1.84. The lowest BCUT2D eigenvalue weighted by atomic mass is 10.2. The van der Waals surface area contributed by atoms with Crippen LogP contribution in [0.2, 0.25) is 0 Å². The van der Waals surface area contributed by atoms with E-state index < -0.39 is 0 Å².